The highest BCUT2D eigenvalue weighted by molar-refractivity contribution is 5.94. The first kappa shape index (κ1) is 28.0. The van der Waals surface area contributed by atoms with Gasteiger partial charge in [0.25, 0.3) is 0 Å². The molecule has 0 fully saturated rings. The molecule has 0 saturated heterocycles. The second-order valence-corrected chi connectivity index (χ2v) is 8.21. The third kappa shape index (κ3) is 9.18. The molecule has 2 aromatic rings. The van der Waals surface area contributed by atoms with E-state index in [9.17, 15) is 29.1 Å². The van der Waals surface area contributed by atoms with E-state index in [0.29, 0.717) is 11.3 Å². The minimum absolute atomic E-state index is 0.0122. The van der Waals surface area contributed by atoms with Crippen molar-refractivity contribution in [2.24, 2.45) is 5.73 Å². The van der Waals surface area contributed by atoms with Gasteiger partial charge in [0.15, 0.2) is 0 Å². The van der Waals surface area contributed by atoms with Crippen LogP contribution in [0.1, 0.15) is 31.0 Å². The molecule has 1 heterocycles. The lowest BCUT2D eigenvalue weighted by Crippen LogP contribution is -2.57. The van der Waals surface area contributed by atoms with Gasteiger partial charge in [0.2, 0.25) is 17.7 Å². The maximum atomic E-state index is 13.1. The van der Waals surface area contributed by atoms with Crippen molar-refractivity contribution < 1.29 is 34.2 Å². The number of nitrogens with zero attached hydrogens (tertiary/aromatic N) is 1. The molecular formula is C23H30N6O7. The number of aromatic amines is 1. The maximum Gasteiger partial charge on any atom is 0.326 e. The topological polar surface area (TPSA) is 217 Å². The van der Waals surface area contributed by atoms with E-state index in [1.807, 2.05) is 0 Å². The average Bonchev–Trinajstić information content (AvgIpc) is 3.34. The number of rotatable bonds is 14. The van der Waals surface area contributed by atoms with Crippen LogP contribution in [-0.2, 0) is 36.8 Å². The molecule has 13 heteroatoms. The Morgan fingerprint density at radius 1 is 0.917 bits per heavy atom. The third-order valence-corrected chi connectivity index (χ3v) is 5.20. The van der Waals surface area contributed by atoms with Gasteiger partial charge in [-0.15, -0.1) is 0 Å². The Balaban J connectivity index is 2.21. The second-order valence-electron chi connectivity index (χ2n) is 8.21. The van der Waals surface area contributed by atoms with E-state index in [-0.39, 0.29) is 19.3 Å². The summed E-state index contributed by atoms with van der Waals surface area (Å²) in [5.74, 6) is -4.72. The van der Waals surface area contributed by atoms with Gasteiger partial charge >= 0.3 is 11.9 Å². The van der Waals surface area contributed by atoms with Crippen LogP contribution in [0.25, 0.3) is 0 Å². The summed E-state index contributed by atoms with van der Waals surface area (Å²) >= 11 is 0. The zero-order chi connectivity index (χ0) is 26.7. The van der Waals surface area contributed by atoms with Crippen molar-refractivity contribution in [1.82, 2.24) is 25.9 Å². The van der Waals surface area contributed by atoms with E-state index in [2.05, 4.69) is 25.9 Å². The second kappa shape index (κ2) is 13.6. The minimum atomic E-state index is -1.28. The highest BCUT2D eigenvalue weighted by Gasteiger charge is 2.30. The summed E-state index contributed by atoms with van der Waals surface area (Å²) in [7, 11) is 0. The molecule has 2 rings (SSSR count). The van der Waals surface area contributed by atoms with Crippen LogP contribution in [-0.4, -0.2) is 74.0 Å². The highest BCUT2D eigenvalue weighted by Crippen LogP contribution is 2.07. The first-order valence-electron chi connectivity index (χ1n) is 11.2. The molecule has 4 unspecified atom stereocenters. The molecule has 3 amide bonds. The van der Waals surface area contributed by atoms with Crippen molar-refractivity contribution in [2.75, 3.05) is 0 Å². The number of H-pyrrole nitrogens is 1. The van der Waals surface area contributed by atoms with Gasteiger partial charge in [0.1, 0.15) is 18.1 Å². The summed E-state index contributed by atoms with van der Waals surface area (Å²) < 4.78 is 0. The number of nitrogens with two attached hydrogens (primary N) is 1. The third-order valence-electron chi connectivity index (χ3n) is 5.20. The van der Waals surface area contributed by atoms with Crippen LogP contribution in [0, 0.1) is 0 Å². The van der Waals surface area contributed by atoms with Crippen molar-refractivity contribution in [3.8, 4) is 0 Å². The van der Waals surface area contributed by atoms with Crippen LogP contribution < -0.4 is 21.7 Å². The summed E-state index contributed by atoms with van der Waals surface area (Å²) in [5, 5.41) is 25.9. The molecule has 8 N–H and O–H groups in total. The summed E-state index contributed by atoms with van der Waals surface area (Å²) in [6, 6.07) is 3.94. The lowest BCUT2D eigenvalue weighted by Gasteiger charge is -2.24. The van der Waals surface area contributed by atoms with Gasteiger partial charge in [0, 0.05) is 31.2 Å². The van der Waals surface area contributed by atoms with Gasteiger partial charge < -0.3 is 36.9 Å². The Bertz CT molecular complexity index is 1040. The lowest BCUT2D eigenvalue weighted by molar-refractivity contribution is -0.142. The molecule has 194 valence electrons. The first-order chi connectivity index (χ1) is 17.1. The number of benzene rings is 1. The van der Waals surface area contributed by atoms with E-state index >= 15 is 0 Å². The number of carboxylic acid groups (broad SMARTS) is 2. The van der Waals surface area contributed by atoms with Gasteiger partial charge in [-0.2, -0.15) is 0 Å². The molecule has 0 saturated carbocycles. The molecule has 13 nitrogen and oxygen atoms in total. The Morgan fingerprint density at radius 2 is 1.53 bits per heavy atom. The van der Waals surface area contributed by atoms with Crippen molar-refractivity contribution in [3.63, 3.8) is 0 Å². The molecule has 0 bridgehead atoms. The van der Waals surface area contributed by atoms with E-state index in [1.54, 1.807) is 30.3 Å². The monoisotopic (exact) mass is 502 g/mol. The molecule has 36 heavy (non-hydrogen) atoms. The van der Waals surface area contributed by atoms with Crippen molar-refractivity contribution in [1.29, 1.82) is 0 Å². The van der Waals surface area contributed by atoms with Crippen molar-refractivity contribution in [3.05, 3.63) is 54.1 Å². The van der Waals surface area contributed by atoms with Crippen molar-refractivity contribution in [2.45, 2.75) is 56.8 Å². The zero-order valence-electron chi connectivity index (χ0n) is 19.6. The first-order valence-corrected chi connectivity index (χ1v) is 11.2. The predicted octanol–water partition coefficient (Wildman–Crippen LogP) is -1.05. The number of aromatic nitrogens is 2. The van der Waals surface area contributed by atoms with Crippen LogP contribution in [0.5, 0.6) is 0 Å². The molecule has 1 aromatic heterocycles. The van der Waals surface area contributed by atoms with Crippen molar-refractivity contribution >= 4 is 29.7 Å². The van der Waals surface area contributed by atoms with E-state index in [4.69, 9.17) is 10.8 Å². The van der Waals surface area contributed by atoms with Crippen LogP contribution in [0.3, 0.4) is 0 Å². The summed E-state index contributed by atoms with van der Waals surface area (Å²) in [4.78, 5) is 67.7. The van der Waals surface area contributed by atoms with E-state index < -0.39 is 60.2 Å². The molecule has 0 radical (unpaired) electrons. The quantitative estimate of drug-likeness (QED) is 0.167. The molecule has 0 aliphatic heterocycles. The predicted molar refractivity (Wildman–Crippen MR) is 126 cm³/mol. The maximum absolute atomic E-state index is 13.1. The van der Waals surface area contributed by atoms with E-state index in [0.717, 1.165) is 0 Å². The lowest BCUT2D eigenvalue weighted by atomic mass is 10.0. The van der Waals surface area contributed by atoms with Crippen LogP contribution >= 0.6 is 0 Å². The number of hydrogen-bond acceptors (Lipinski definition) is 7. The zero-order valence-corrected chi connectivity index (χ0v) is 19.6. The fourth-order valence-electron chi connectivity index (χ4n) is 3.26. The number of amides is 3. The Hall–Kier alpha value is -4.26. The van der Waals surface area contributed by atoms with Gasteiger partial charge in [-0.1, -0.05) is 30.3 Å². The van der Waals surface area contributed by atoms with E-state index in [1.165, 1.54) is 19.4 Å². The largest absolute Gasteiger partial charge is 0.481 e. The minimum Gasteiger partial charge on any atom is -0.481 e. The van der Waals surface area contributed by atoms with Crippen LogP contribution in [0.15, 0.2) is 42.9 Å². The van der Waals surface area contributed by atoms with Gasteiger partial charge in [-0.3, -0.25) is 19.2 Å². The SMILES string of the molecule is CC(N)C(=O)NC(CCC(=O)O)C(=O)NC(Cc1cnc[nH]1)C(=O)NC(Cc1ccccc1)C(=O)O. The average molecular weight is 503 g/mol. The Kier molecular flexibility index (Phi) is 10.6. The fraction of sp³-hybridized carbons (Fsp3) is 0.391. The number of carbonyl (C=O) groups is 5. The molecular weight excluding hydrogens is 472 g/mol. The van der Waals surface area contributed by atoms with Gasteiger partial charge in [-0.25, -0.2) is 9.78 Å². The number of aliphatic carboxylic acids is 2. The number of nitrogens with one attached hydrogen (secondary N) is 4. The number of carbonyl (C=O) groups excluding carboxylic acids is 3. The van der Waals surface area contributed by atoms with Crippen LogP contribution in [0.4, 0.5) is 0 Å². The summed E-state index contributed by atoms with van der Waals surface area (Å²) in [6.07, 6.45) is 2.09. The number of imidazole rings is 1. The fourth-order valence-corrected chi connectivity index (χ4v) is 3.26. The van der Waals surface area contributed by atoms with Crippen LogP contribution in [0.2, 0.25) is 0 Å². The molecule has 0 spiro atoms. The molecule has 0 aliphatic rings. The molecule has 1 aromatic carbocycles. The van der Waals surface area contributed by atoms with Gasteiger partial charge in [0.05, 0.1) is 12.4 Å². The standard InChI is InChI=1S/C23H30N6O7/c1-13(24)20(32)27-16(7-8-19(30)31)21(33)28-17(10-15-11-25-12-26-15)22(34)29-18(23(35)36)9-14-5-3-2-4-6-14/h2-6,11-13,16-18H,7-10,24H2,1H3,(H,25,26)(H,27,32)(H,28,33)(H,29,34)(H,30,31)(H,35,36). The smallest absolute Gasteiger partial charge is 0.326 e. The number of hydrogen-bond donors (Lipinski definition) is 7. The summed E-state index contributed by atoms with van der Waals surface area (Å²) in [6.45, 7) is 1.40. The van der Waals surface area contributed by atoms with Gasteiger partial charge in [-0.05, 0) is 18.9 Å². The molecule has 0 aliphatic carbocycles. The molecule has 4 atom stereocenters. The Labute approximate surface area is 206 Å². The summed E-state index contributed by atoms with van der Waals surface area (Å²) in [5.41, 5.74) is 6.70. The normalized spacial score (nSPS) is 14.1. The number of carboxylic acids is 2. The Morgan fingerprint density at radius 3 is 2.08 bits per heavy atom. The highest BCUT2D eigenvalue weighted by atomic mass is 16.4.